The van der Waals surface area contributed by atoms with Crippen LogP contribution in [0.25, 0.3) is 0 Å². The van der Waals surface area contributed by atoms with Crippen LogP contribution in [0.1, 0.15) is 6.92 Å². The van der Waals surface area contributed by atoms with Crippen LogP contribution in [0.3, 0.4) is 0 Å². The maximum Gasteiger partial charge on any atom is 0.269 e. The predicted molar refractivity (Wildman–Crippen MR) is 103 cm³/mol. The topological polar surface area (TPSA) is 56.1 Å². The maximum atomic E-state index is 12.6. The molecule has 1 N–H and O–H groups in total. The SMILES string of the molecule is CC1=CSC(=C(C#N)C(=O)Nc2cccc(Cl)c2)N1c1ccccc1. The second kappa shape index (κ2) is 7.47. The lowest BCUT2D eigenvalue weighted by Crippen LogP contribution is -2.21. The molecule has 0 unspecified atom stereocenters. The molecule has 0 radical (unpaired) electrons. The molecule has 6 heteroatoms. The third-order valence-corrected chi connectivity index (χ3v) is 4.85. The van der Waals surface area contributed by atoms with Crippen molar-refractivity contribution in [3.63, 3.8) is 0 Å². The Bertz CT molecular complexity index is 916. The Morgan fingerprint density at radius 2 is 1.96 bits per heavy atom. The number of halogens is 1. The fraction of sp³-hybridized carbons (Fsp3) is 0.0526. The summed E-state index contributed by atoms with van der Waals surface area (Å²) in [4.78, 5) is 14.5. The summed E-state index contributed by atoms with van der Waals surface area (Å²) in [7, 11) is 0. The monoisotopic (exact) mass is 367 g/mol. The van der Waals surface area contributed by atoms with Gasteiger partial charge in [-0.05, 0) is 42.7 Å². The summed E-state index contributed by atoms with van der Waals surface area (Å²) in [5.41, 5.74) is 2.46. The molecule has 0 aliphatic carbocycles. The fourth-order valence-corrected chi connectivity index (χ4v) is 3.62. The van der Waals surface area contributed by atoms with Crippen LogP contribution < -0.4 is 10.2 Å². The third kappa shape index (κ3) is 3.71. The summed E-state index contributed by atoms with van der Waals surface area (Å²) in [6.07, 6.45) is 0. The van der Waals surface area contributed by atoms with Gasteiger partial charge in [0.2, 0.25) is 0 Å². The van der Waals surface area contributed by atoms with Gasteiger partial charge in [-0.3, -0.25) is 4.79 Å². The van der Waals surface area contributed by atoms with E-state index >= 15 is 0 Å². The molecule has 1 aliphatic heterocycles. The zero-order valence-corrected chi connectivity index (χ0v) is 14.9. The van der Waals surface area contributed by atoms with E-state index in [1.807, 2.05) is 53.6 Å². The highest BCUT2D eigenvalue weighted by molar-refractivity contribution is 8.06. The van der Waals surface area contributed by atoms with Crippen LogP contribution in [0.2, 0.25) is 5.02 Å². The molecule has 1 amide bonds. The van der Waals surface area contributed by atoms with E-state index in [9.17, 15) is 10.1 Å². The van der Waals surface area contributed by atoms with E-state index in [4.69, 9.17) is 11.6 Å². The molecule has 0 aromatic heterocycles. The van der Waals surface area contributed by atoms with Gasteiger partial charge in [0.25, 0.3) is 5.91 Å². The first-order valence-electron chi connectivity index (χ1n) is 7.50. The first-order chi connectivity index (χ1) is 12.1. The van der Waals surface area contributed by atoms with Crippen LogP contribution in [0.5, 0.6) is 0 Å². The van der Waals surface area contributed by atoms with Crippen LogP contribution >= 0.6 is 23.4 Å². The predicted octanol–water partition coefficient (Wildman–Crippen LogP) is 5.13. The Kier molecular flexibility index (Phi) is 5.13. The molecular formula is C19H14ClN3OS. The van der Waals surface area contributed by atoms with E-state index in [1.165, 1.54) is 11.8 Å². The number of para-hydroxylation sites is 1. The molecule has 124 valence electrons. The quantitative estimate of drug-likeness (QED) is 0.603. The van der Waals surface area contributed by atoms with Crippen LogP contribution in [0.4, 0.5) is 11.4 Å². The summed E-state index contributed by atoms with van der Waals surface area (Å²) in [6.45, 7) is 1.94. The molecule has 2 aromatic rings. The number of hydrogen-bond acceptors (Lipinski definition) is 4. The number of nitrogens with zero attached hydrogens (tertiary/aromatic N) is 2. The second-order valence-electron chi connectivity index (χ2n) is 5.30. The number of nitrogens with one attached hydrogen (secondary N) is 1. The molecule has 1 heterocycles. The van der Waals surface area contributed by atoms with Gasteiger partial charge in [-0.1, -0.05) is 47.6 Å². The molecule has 25 heavy (non-hydrogen) atoms. The smallest absolute Gasteiger partial charge is 0.269 e. The number of thioether (sulfide) groups is 1. The Morgan fingerprint density at radius 3 is 2.64 bits per heavy atom. The third-order valence-electron chi connectivity index (χ3n) is 3.55. The van der Waals surface area contributed by atoms with E-state index in [1.54, 1.807) is 24.3 Å². The van der Waals surface area contributed by atoms with Gasteiger partial charge in [0.1, 0.15) is 16.7 Å². The number of nitriles is 1. The van der Waals surface area contributed by atoms with E-state index < -0.39 is 5.91 Å². The largest absolute Gasteiger partial charge is 0.321 e. The molecule has 2 aromatic carbocycles. The van der Waals surface area contributed by atoms with Gasteiger partial charge in [0.15, 0.2) is 0 Å². The molecule has 0 spiro atoms. The lowest BCUT2D eigenvalue weighted by Gasteiger charge is -2.22. The van der Waals surface area contributed by atoms with Gasteiger partial charge in [-0.15, -0.1) is 0 Å². The zero-order chi connectivity index (χ0) is 17.8. The molecule has 0 saturated carbocycles. The Morgan fingerprint density at radius 1 is 1.20 bits per heavy atom. The van der Waals surface area contributed by atoms with E-state index in [0.717, 1.165) is 11.4 Å². The van der Waals surface area contributed by atoms with Crippen molar-refractivity contribution in [3.8, 4) is 6.07 Å². The van der Waals surface area contributed by atoms with Gasteiger partial charge in [-0.25, -0.2) is 0 Å². The van der Waals surface area contributed by atoms with Crippen molar-refractivity contribution in [1.82, 2.24) is 0 Å². The minimum atomic E-state index is -0.462. The van der Waals surface area contributed by atoms with E-state index in [-0.39, 0.29) is 5.57 Å². The van der Waals surface area contributed by atoms with E-state index in [2.05, 4.69) is 5.32 Å². The van der Waals surface area contributed by atoms with Gasteiger partial charge >= 0.3 is 0 Å². The number of anilines is 2. The Balaban J connectivity index is 1.95. The normalized spacial score (nSPS) is 15.4. The summed E-state index contributed by atoms with van der Waals surface area (Å²) in [5.74, 6) is -0.462. The fourth-order valence-electron chi connectivity index (χ4n) is 2.43. The highest BCUT2D eigenvalue weighted by Crippen LogP contribution is 2.40. The summed E-state index contributed by atoms with van der Waals surface area (Å²) in [6, 6.07) is 18.5. The molecule has 0 atom stereocenters. The van der Waals surface area contributed by atoms with Crippen molar-refractivity contribution in [2.45, 2.75) is 6.92 Å². The summed E-state index contributed by atoms with van der Waals surface area (Å²) in [5, 5.41) is 15.3. The molecular weight excluding hydrogens is 354 g/mol. The van der Waals surface area contributed by atoms with Crippen molar-refractivity contribution >= 4 is 40.6 Å². The first-order valence-corrected chi connectivity index (χ1v) is 8.76. The average Bonchev–Trinajstić information content (AvgIpc) is 2.98. The lowest BCUT2D eigenvalue weighted by molar-refractivity contribution is -0.112. The number of benzene rings is 2. The molecule has 0 saturated heterocycles. The summed E-state index contributed by atoms with van der Waals surface area (Å²) >= 11 is 7.30. The minimum Gasteiger partial charge on any atom is -0.321 e. The number of rotatable bonds is 3. The number of carbonyl (C=O) groups excluding carboxylic acids is 1. The highest BCUT2D eigenvalue weighted by Gasteiger charge is 2.27. The highest BCUT2D eigenvalue weighted by atomic mass is 35.5. The van der Waals surface area contributed by atoms with Gasteiger partial charge in [0.05, 0.1) is 0 Å². The van der Waals surface area contributed by atoms with Crippen LogP contribution in [0.15, 0.2) is 76.3 Å². The van der Waals surface area contributed by atoms with Gasteiger partial charge < -0.3 is 10.2 Å². The molecule has 3 rings (SSSR count). The Labute approximate surface area is 155 Å². The van der Waals surface area contributed by atoms with Crippen molar-refractivity contribution in [2.24, 2.45) is 0 Å². The standard InChI is InChI=1S/C19H14ClN3OS/c1-13-12-25-19(23(13)16-8-3-2-4-9-16)17(11-21)18(24)22-15-7-5-6-14(20)10-15/h2-10,12H,1H3,(H,22,24). The number of hydrogen-bond donors (Lipinski definition) is 1. The van der Waals surface area contributed by atoms with Crippen LogP contribution in [-0.2, 0) is 4.79 Å². The molecule has 1 aliphatic rings. The van der Waals surface area contributed by atoms with Gasteiger partial charge in [0, 0.05) is 22.1 Å². The van der Waals surface area contributed by atoms with Crippen molar-refractivity contribution in [2.75, 3.05) is 10.2 Å². The van der Waals surface area contributed by atoms with E-state index in [0.29, 0.717) is 15.7 Å². The molecule has 0 bridgehead atoms. The second-order valence-corrected chi connectivity index (χ2v) is 6.60. The zero-order valence-electron chi connectivity index (χ0n) is 13.4. The Hall–Kier alpha value is -2.68. The van der Waals surface area contributed by atoms with Crippen LogP contribution in [0, 0.1) is 11.3 Å². The maximum absolute atomic E-state index is 12.6. The van der Waals surface area contributed by atoms with Gasteiger partial charge in [-0.2, -0.15) is 5.26 Å². The lowest BCUT2D eigenvalue weighted by atomic mass is 10.2. The first kappa shape index (κ1) is 17.2. The number of carbonyl (C=O) groups is 1. The summed E-state index contributed by atoms with van der Waals surface area (Å²) < 4.78 is 0. The van der Waals surface area contributed by atoms with Crippen molar-refractivity contribution in [1.29, 1.82) is 5.26 Å². The molecule has 0 fully saturated rings. The number of allylic oxidation sites excluding steroid dienone is 1. The average molecular weight is 368 g/mol. The minimum absolute atomic E-state index is 0.0573. The van der Waals surface area contributed by atoms with Crippen LogP contribution in [-0.4, -0.2) is 5.91 Å². The van der Waals surface area contributed by atoms with Crippen molar-refractivity contribution in [3.05, 3.63) is 81.3 Å². The number of amides is 1. The molecule has 4 nitrogen and oxygen atoms in total. The van der Waals surface area contributed by atoms with Crippen molar-refractivity contribution < 1.29 is 4.79 Å².